The minimum atomic E-state index is -5.01. The predicted molar refractivity (Wildman–Crippen MR) is 71.7 cm³/mol. The topological polar surface area (TPSA) is 118 Å². The number of aryl methyl sites for hydroxylation is 1. The Balaban J connectivity index is 0.00000232. The quantitative estimate of drug-likeness (QED) is 0.541. The third-order valence-electron chi connectivity index (χ3n) is 2.15. The van der Waals surface area contributed by atoms with E-state index in [1.54, 1.807) is 0 Å². The second-order valence-corrected chi connectivity index (χ2v) is 4.73. The van der Waals surface area contributed by atoms with Gasteiger partial charge in [0, 0.05) is 11.3 Å². The Hall–Kier alpha value is -2.18. The summed E-state index contributed by atoms with van der Waals surface area (Å²) < 4.78 is 38.1. The maximum absolute atomic E-state index is 12.7. The summed E-state index contributed by atoms with van der Waals surface area (Å²) >= 11 is 0.525. The van der Waals surface area contributed by atoms with Crippen LogP contribution in [-0.4, -0.2) is 27.9 Å². The Morgan fingerprint density at radius 2 is 1.83 bits per heavy atom. The molecule has 0 radical (unpaired) electrons. The Kier molecular flexibility index (Phi) is 8.21. The van der Waals surface area contributed by atoms with Crippen LogP contribution in [0.2, 0.25) is 0 Å². The molecular formula is C10H14F3N3O6S. The van der Waals surface area contributed by atoms with Gasteiger partial charge in [-0.25, -0.2) is 4.98 Å². The van der Waals surface area contributed by atoms with Crippen molar-refractivity contribution in [3.63, 3.8) is 0 Å². The van der Waals surface area contributed by atoms with E-state index >= 15 is 0 Å². The van der Waals surface area contributed by atoms with Gasteiger partial charge < -0.3 is 4.84 Å². The molecule has 0 aliphatic heterocycles. The highest BCUT2D eigenvalue weighted by atomic mass is 32.1. The summed E-state index contributed by atoms with van der Waals surface area (Å²) in [6, 6.07) is 0. The van der Waals surface area contributed by atoms with Gasteiger partial charge in [0.2, 0.25) is 0 Å². The predicted octanol–water partition coefficient (Wildman–Crippen LogP) is 3.04. The van der Waals surface area contributed by atoms with Crippen molar-refractivity contribution in [1.29, 1.82) is 0 Å². The number of hydrogen-bond acceptors (Lipinski definition) is 8. The molecule has 1 heterocycles. The summed E-state index contributed by atoms with van der Waals surface area (Å²) in [6.07, 6.45) is -7.85. The molecule has 0 N–H and O–H groups in total. The fraction of sp³-hybridized carbons (Fsp3) is 0.700. The van der Waals surface area contributed by atoms with Crippen molar-refractivity contribution < 1.29 is 33.0 Å². The average molecular weight is 361 g/mol. The van der Waals surface area contributed by atoms with Crippen molar-refractivity contribution in [2.24, 2.45) is 0 Å². The minimum absolute atomic E-state index is 0.0481. The Bertz CT molecular complexity index is 536. The number of aromatic nitrogens is 1. The van der Waals surface area contributed by atoms with Crippen LogP contribution < -0.4 is 0 Å². The van der Waals surface area contributed by atoms with Gasteiger partial charge in [0.05, 0.1) is 5.69 Å². The van der Waals surface area contributed by atoms with Gasteiger partial charge in [0.15, 0.2) is 0 Å². The highest BCUT2D eigenvalue weighted by Gasteiger charge is 2.46. The lowest BCUT2D eigenvalue weighted by molar-refractivity contribution is -0.778. The van der Waals surface area contributed by atoms with Crippen molar-refractivity contribution in [3.8, 4) is 0 Å². The van der Waals surface area contributed by atoms with Gasteiger partial charge in [-0.1, -0.05) is 13.8 Å². The average Bonchev–Trinajstić information content (AvgIpc) is 2.78. The smallest absolute Gasteiger partial charge is 0.314 e. The largest absolute Gasteiger partial charge is 0.421 e. The van der Waals surface area contributed by atoms with E-state index in [-0.39, 0.29) is 23.6 Å². The summed E-state index contributed by atoms with van der Waals surface area (Å²) in [5.74, 6) is 0. The molecule has 23 heavy (non-hydrogen) atoms. The molecule has 1 rings (SSSR count). The molecule has 0 saturated heterocycles. The monoisotopic (exact) mass is 361 g/mol. The fourth-order valence-corrected chi connectivity index (χ4v) is 2.44. The van der Waals surface area contributed by atoms with E-state index in [1.165, 1.54) is 6.92 Å². The van der Waals surface area contributed by atoms with Crippen LogP contribution in [0.3, 0.4) is 0 Å². The Labute approximate surface area is 132 Å². The van der Waals surface area contributed by atoms with Gasteiger partial charge in [-0.05, 0) is 6.92 Å². The van der Waals surface area contributed by atoms with Crippen molar-refractivity contribution >= 4 is 11.3 Å². The van der Waals surface area contributed by atoms with Crippen LogP contribution in [0.1, 0.15) is 35.5 Å². The molecule has 0 amide bonds. The third kappa shape index (κ3) is 7.08. The first kappa shape index (κ1) is 20.8. The first-order chi connectivity index (χ1) is 10.6. The van der Waals surface area contributed by atoms with Crippen LogP contribution in [0.5, 0.6) is 0 Å². The van der Waals surface area contributed by atoms with Crippen molar-refractivity contribution in [3.05, 3.63) is 35.8 Å². The molecular weight excluding hydrogens is 347 g/mol. The van der Waals surface area contributed by atoms with Crippen LogP contribution in [0.25, 0.3) is 0 Å². The Morgan fingerprint density at radius 1 is 1.26 bits per heavy atom. The first-order valence-electron chi connectivity index (χ1n) is 6.22. The van der Waals surface area contributed by atoms with Crippen molar-refractivity contribution in [2.75, 3.05) is 6.61 Å². The molecule has 0 aromatic carbocycles. The summed E-state index contributed by atoms with van der Waals surface area (Å²) in [5, 5.41) is 16.9. The Morgan fingerprint density at radius 3 is 2.26 bits per heavy atom. The number of hydrogen-bond donors (Lipinski definition) is 0. The van der Waals surface area contributed by atoms with E-state index in [0.717, 1.165) is 0 Å². The van der Waals surface area contributed by atoms with Crippen molar-refractivity contribution in [2.45, 2.75) is 39.5 Å². The maximum atomic E-state index is 12.7. The molecule has 132 valence electrons. The number of nitrogens with zero attached hydrogens (tertiary/aromatic N) is 3. The highest BCUT2D eigenvalue weighted by Crippen LogP contribution is 2.38. The molecule has 9 nitrogen and oxygen atoms in total. The van der Waals surface area contributed by atoms with Crippen molar-refractivity contribution in [1.82, 2.24) is 4.98 Å². The molecule has 13 heteroatoms. The highest BCUT2D eigenvalue weighted by molar-refractivity contribution is 7.11. The van der Waals surface area contributed by atoms with E-state index in [9.17, 15) is 33.4 Å². The summed E-state index contributed by atoms with van der Waals surface area (Å²) in [7, 11) is 0. The van der Waals surface area contributed by atoms with Gasteiger partial charge in [-0.3, -0.25) is 4.84 Å². The zero-order valence-electron chi connectivity index (χ0n) is 12.3. The zero-order chi connectivity index (χ0) is 18.2. The SMILES string of the molecule is CC.Cc1nc(C(O[N+](=O)[O-])C(F)(F)F)sc1CCO[N+](=O)[O-]. The number of alkyl halides is 3. The standard InChI is InChI=1S/C8H8F3N3O6S.C2H6/c1-4-5(2-3-19-13(15)16)21-7(12-4)6(8(9,10)11)20-14(17)18;1-2/h6H,2-3H2,1H3;1-2H3. The number of halogens is 3. The maximum Gasteiger partial charge on any atom is 0.421 e. The van der Waals surface area contributed by atoms with Gasteiger partial charge in [0.1, 0.15) is 11.6 Å². The first-order valence-corrected chi connectivity index (χ1v) is 7.04. The van der Waals surface area contributed by atoms with Crippen LogP contribution in [-0.2, 0) is 16.1 Å². The number of rotatable bonds is 7. The van der Waals surface area contributed by atoms with Crippen LogP contribution in [0.15, 0.2) is 0 Å². The lowest BCUT2D eigenvalue weighted by Crippen LogP contribution is -2.25. The molecule has 1 atom stereocenters. The van der Waals surface area contributed by atoms with E-state index in [1.807, 2.05) is 13.8 Å². The van der Waals surface area contributed by atoms with Gasteiger partial charge >= 0.3 is 6.18 Å². The van der Waals surface area contributed by atoms with Gasteiger partial charge in [-0.15, -0.1) is 31.6 Å². The van der Waals surface area contributed by atoms with E-state index in [4.69, 9.17) is 0 Å². The molecule has 1 unspecified atom stereocenters. The molecule has 0 aliphatic carbocycles. The summed E-state index contributed by atoms with van der Waals surface area (Å²) in [5.41, 5.74) is 0.170. The molecule has 0 aliphatic rings. The molecule has 0 fully saturated rings. The summed E-state index contributed by atoms with van der Waals surface area (Å²) in [4.78, 5) is 31.6. The van der Waals surface area contributed by atoms with Gasteiger partial charge in [-0.2, -0.15) is 13.2 Å². The molecule has 1 aromatic rings. The number of thiazole rings is 1. The molecule has 1 aromatic heterocycles. The molecule has 0 spiro atoms. The summed E-state index contributed by atoms with van der Waals surface area (Å²) in [6.45, 7) is 5.02. The second kappa shape index (κ2) is 9.07. The minimum Gasteiger partial charge on any atom is -0.314 e. The lowest BCUT2D eigenvalue weighted by Gasteiger charge is -2.15. The van der Waals surface area contributed by atoms with Gasteiger partial charge in [0.25, 0.3) is 16.3 Å². The van der Waals surface area contributed by atoms with Crippen LogP contribution >= 0.6 is 11.3 Å². The fourth-order valence-electron chi connectivity index (χ4n) is 1.34. The lowest BCUT2D eigenvalue weighted by atomic mass is 10.3. The van der Waals surface area contributed by atoms with Crippen LogP contribution in [0.4, 0.5) is 13.2 Å². The second-order valence-electron chi connectivity index (χ2n) is 3.62. The molecule has 0 bridgehead atoms. The zero-order valence-corrected chi connectivity index (χ0v) is 13.1. The van der Waals surface area contributed by atoms with E-state index < -0.39 is 27.5 Å². The third-order valence-corrected chi connectivity index (χ3v) is 3.41. The normalized spacial score (nSPS) is 11.9. The molecule has 0 saturated carbocycles. The van der Waals surface area contributed by atoms with E-state index in [2.05, 4.69) is 14.7 Å². The van der Waals surface area contributed by atoms with E-state index in [0.29, 0.717) is 11.3 Å². The van der Waals surface area contributed by atoms with Crippen LogP contribution in [0, 0.1) is 27.2 Å².